The summed E-state index contributed by atoms with van der Waals surface area (Å²) in [7, 11) is -3.81. The van der Waals surface area contributed by atoms with Gasteiger partial charge in [-0.2, -0.15) is 0 Å². The van der Waals surface area contributed by atoms with Gasteiger partial charge in [-0.25, -0.2) is 8.42 Å². The fraction of sp³-hybridized carbons (Fsp3) is 0.391. The van der Waals surface area contributed by atoms with Crippen LogP contribution in [0.4, 0.5) is 5.69 Å². The molecule has 2 aromatic rings. The summed E-state index contributed by atoms with van der Waals surface area (Å²) in [5.74, 6) is -0.648. The number of nitrogens with one attached hydrogen (secondary N) is 1. The highest BCUT2D eigenvalue weighted by Gasteiger charge is 2.47. The monoisotopic (exact) mass is 426 g/mol. The van der Waals surface area contributed by atoms with Crippen LogP contribution >= 0.6 is 0 Å². The molecule has 0 radical (unpaired) electrons. The Morgan fingerprint density at radius 3 is 2.20 bits per heavy atom. The minimum Gasteiger partial charge on any atom is -0.279 e. The number of carbonyl (C=O) groups is 2. The van der Waals surface area contributed by atoms with Gasteiger partial charge in [-0.15, -0.1) is 0 Å². The highest BCUT2D eigenvalue weighted by molar-refractivity contribution is 7.92. The SMILES string of the molecule is Cc1ccccc1NS(=O)(=O)c1cc(CN2C(=O)[C@H]3CCCC[C@@H]3C2=O)ccc1C. The first-order chi connectivity index (χ1) is 14.3. The van der Waals surface area contributed by atoms with Gasteiger partial charge in [0.25, 0.3) is 10.0 Å². The van der Waals surface area contributed by atoms with Gasteiger partial charge >= 0.3 is 0 Å². The Labute approximate surface area is 177 Å². The predicted octanol–water partition coefficient (Wildman–Crippen LogP) is 3.78. The number of sulfonamides is 1. The number of hydrogen-bond acceptors (Lipinski definition) is 4. The Morgan fingerprint density at radius 1 is 0.933 bits per heavy atom. The summed E-state index contributed by atoms with van der Waals surface area (Å²) >= 11 is 0. The summed E-state index contributed by atoms with van der Waals surface area (Å²) in [5.41, 5.74) is 2.58. The van der Waals surface area contributed by atoms with Gasteiger partial charge in [0.1, 0.15) is 0 Å². The van der Waals surface area contributed by atoms with E-state index in [0.717, 1.165) is 31.2 Å². The lowest BCUT2D eigenvalue weighted by molar-refractivity contribution is -0.140. The fourth-order valence-corrected chi connectivity index (χ4v) is 5.92. The fourth-order valence-electron chi connectivity index (χ4n) is 4.49. The zero-order valence-electron chi connectivity index (χ0n) is 17.2. The van der Waals surface area contributed by atoms with E-state index in [2.05, 4.69) is 4.72 Å². The van der Waals surface area contributed by atoms with Crippen LogP contribution in [0.5, 0.6) is 0 Å². The van der Waals surface area contributed by atoms with Crippen LogP contribution in [0.25, 0.3) is 0 Å². The molecule has 2 aliphatic rings. The highest BCUT2D eigenvalue weighted by atomic mass is 32.2. The molecule has 1 aliphatic heterocycles. The molecule has 1 saturated heterocycles. The number of anilines is 1. The van der Waals surface area contributed by atoms with Gasteiger partial charge in [0.2, 0.25) is 11.8 Å². The maximum Gasteiger partial charge on any atom is 0.262 e. The second kappa shape index (κ2) is 7.87. The molecule has 2 amide bonds. The van der Waals surface area contributed by atoms with Crippen molar-refractivity contribution in [1.29, 1.82) is 0 Å². The molecule has 2 fully saturated rings. The van der Waals surface area contributed by atoms with Crippen molar-refractivity contribution in [2.24, 2.45) is 11.8 Å². The van der Waals surface area contributed by atoms with Crippen LogP contribution in [-0.4, -0.2) is 25.1 Å². The van der Waals surface area contributed by atoms with Crippen molar-refractivity contribution in [2.75, 3.05) is 4.72 Å². The molecule has 1 aliphatic carbocycles. The second-order valence-corrected chi connectivity index (χ2v) is 9.93. The number of rotatable bonds is 5. The average Bonchev–Trinajstić information content (AvgIpc) is 2.96. The van der Waals surface area contributed by atoms with Crippen molar-refractivity contribution in [1.82, 2.24) is 4.90 Å². The molecular formula is C23H26N2O4S. The Bertz CT molecular complexity index is 1090. The molecule has 0 bridgehead atoms. The molecule has 1 N–H and O–H groups in total. The highest BCUT2D eigenvalue weighted by Crippen LogP contribution is 2.38. The van der Waals surface area contributed by atoms with E-state index in [1.807, 2.05) is 19.1 Å². The van der Waals surface area contributed by atoms with Gasteiger partial charge in [-0.1, -0.05) is 43.2 Å². The first-order valence-electron chi connectivity index (χ1n) is 10.3. The largest absolute Gasteiger partial charge is 0.279 e. The van der Waals surface area contributed by atoms with E-state index >= 15 is 0 Å². The third-order valence-corrected chi connectivity index (χ3v) is 7.71. The summed E-state index contributed by atoms with van der Waals surface area (Å²) in [6.45, 7) is 3.68. The average molecular weight is 427 g/mol. The number of para-hydroxylation sites is 1. The topological polar surface area (TPSA) is 83.6 Å². The van der Waals surface area contributed by atoms with E-state index in [1.54, 1.807) is 37.3 Å². The molecule has 0 unspecified atom stereocenters. The van der Waals surface area contributed by atoms with Crippen molar-refractivity contribution in [3.8, 4) is 0 Å². The zero-order valence-corrected chi connectivity index (χ0v) is 18.0. The van der Waals surface area contributed by atoms with Crippen LogP contribution in [0.1, 0.15) is 42.4 Å². The summed E-state index contributed by atoms with van der Waals surface area (Å²) in [6, 6.07) is 12.3. The number of imide groups is 1. The van der Waals surface area contributed by atoms with Crippen molar-refractivity contribution in [2.45, 2.75) is 51.0 Å². The third-order valence-electron chi connectivity index (χ3n) is 6.20. The van der Waals surface area contributed by atoms with E-state index in [0.29, 0.717) is 16.8 Å². The lowest BCUT2D eigenvalue weighted by Crippen LogP contribution is -2.30. The number of amides is 2. The van der Waals surface area contributed by atoms with E-state index in [-0.39, 0.29) is 35.1 Å². The molecule has 0 aromatic heterocycles. The summed E-state index contributed by atoms with van der Waals surface area (Å²) in [6.07, 6.45) is 3.48. The minimum atomic E-state index is -3.81. The lowest BCUT2D eigenvalue weighted by atomic mass is 9.81. The standard InChI is InChI=1S/C23H26N2O4S/c1-15-7-3-6-10-20(15)24-30(28,29)21-13-17(12-11-16(21)2)14-25-22(26)18-8-4-5-9-19(18)23(25)27/h3,6-7,10-13,18-19,24H,4-5,8-9,14H2,1-2H3/t18-,19-/m0/s1. The molecule has 0 spiro atoms. The zero-order chi connectivity index (χ0) is 21.5. The van der Waals surface area contributed by atoms with Gasteiger partial charge in [-0.3, -0.25) is 19.2 Å². The molecule has 30 heavy (non-hydrogen) atoms. The maximum atomic E-state index is 13.0. The Morgan fingerprint density at radius 2 is 1.57 bits per heavy atom. The molecule has 4 rings (SSSR count). The Kier molecular flexibility index (Phi) is 5.40. The van der Waals surface area contributed by atoms with E-state index in [9.17, 15) is 18.0 Å². The third kappa shape index (κ3) is 3.74. The van der Waals surface area contributed by atoms with Crippen molar-refractivity contribution in [3.63, 3.8) is 0 Å². The van der Waals surface area contributed by atoms with Crippen LogP contribution in [0.15, 0.2) is 47.4 Å². The Balaban J connectivity index is 1.60. The number of aryl methyl sites for hydroxylation is 2. The second-order valence-electron chi connectivity index (χ2n) is 8.28. The summed E-state index contributed by atoms with van der Waals surface area (Å²) in [4.78, 5) is 27.0. The molecule has 2 aromatic carbocycles. The van der Waals surface area contributed by atoms with E-state index in [1.165, 1.54) is 4.90 Å². The number of hydrogen-bond donors (Lipinski definition) is 1. The molecular weight excluding hydrogens is 400 g/mol. The normalized spacial score (nSPS) is 21.6. The molecule has 6 nitrogen and oxygen atoms in total. The van der Waals surface area contributed by atoms with Gasteiger partial charge in [0.15, 0.2) is 0 Å². The molecule has 158 valence electrons. The number of nitrogens with zero attached hydrogens (tertiary/aromatic N) is 1. The summed E-state index contributed by atoms with van der Waals surface area (Å²) < 4.78 is 28.7. The minimum absolute atomic E-state index is 0.109. The van der Waals surface area contributed by atoms with Crippen LogP contribution in [0.2, 0.25) is 0 Å². The predicted molar refractivity (Wildman–Crippen MR) is 114 cm³/mol. The first-order valence-corrected chi connectivity index (χ1v) is 11.8. The number of benzene rings is 2. The number of carbonyl (C=O) groups excluding carboxylic acids is 2. The smallest absolute Gasteiger partial charge is 0.262 e. The number of fused-ring (bicyclic) bond motifs is 1. The van der Waals surface area contributed by atoms with Gasteiger partial charge < -0.3 is 0 Å². The van der Waals surface area contributed by atoms with E-state index in [4.69, 9.17) is 0 Å². The lowest BCUT2D eigenvalue weighted by Gasteiger charge is -2.19. The van der Waals surface area contributed by atoms with Crippen molar-refractivity contribution in [3.05, 3.63) is 59.2 Å². The Hall–Kier alpha value is -2.67. The van der Waals surface area contributed by atoms with Gasteiger partial charge in [0.05, 0.1) is 29.0 Å². The molecule has 1 saturated carbocycles. The van der Waals surface area contributed by atoms with Gasteiger partial charge in [-0.05, 0) is 55.5 Å². The van der Waals surface area contributed by atoms with Crippen LogP contribution < -0.4 is 4.72 Å². The number of likely N-dealkylation sites (tertiary alicyclic amines) is 1. The van der Waals surface area contributed by atoms with E-state index < -0.39 is 10.0 Å². The van der Waals surface area contributed by atoms with Crippen LogP contribution in [0, 0.1) is 25.7 Å². The maximum absolute atomic E-state index is 13.0. The van der Waals surface area contributed by atoms with Crippen molar-refractivity contribution < 1.29 is 18.0 Å². The van der Waals surface area contributed by atoms with Gasteiger partial charge in [0, 0.05) is 0 Å². The molecule has 7 heteroatoms. The summed E-state index contributed by atoms with van der Waals surface area (Å²) in [5, 5.41) is 0. The molecule has 2 atom stereocenters. The van der Waals surface area contributed by atoms with Crippen LogP contribution in [-0.2, 0) is 26.2 Å². The quantitative estimate of drug-likeness (QED) is 0.738. The first kappa shape index (κ1) is 20.6. The van der Waals surface area contributed by atoms with Crippen LogP contribution in [0.3, 0.4) is 0 Å². The van der Waals surface area contributed by atoms with Crippen molar-refractivity contribution >= 4 is 27.5 Å². The molecule has 1 heterocycles.